The molecule has 0 radical (unpaired) electrons. The zero-order valence-corrected chi connectivity index (χ0v) is 24.7. The van der Waals surface area contributed by atoms with E-state index in [-0.39, 0.29) is 65.3 Å². The molecule has 4 atom stereocenters. The molecule has 6 nitrogen and oxygen atoms in total. The number of hydrogen-bond acceptors (Lipinski definition) is 5. The summed E-state index contributed by atoms with van der Waals surface area (Å²) in [5.74, 6) is 0.825. The van der Waals surface area contributed by atoms with Crippen molar-refractivity contribution in [2.75, 3.05) is 11.3 Å². The number of hydrogen-bond donors (Lipinski definition) is 1. The quantitative estimate of drug-likeness (QED) is 0.333. The van der Waals surface area contributed by atoms with Crippen LogP contribution in [0, 0.1) is 17.3 Å². The molecule has 0 saturated heterocycles. The highest BCUT2D eigenvalue weighted by atomic mass is 32.2. The van der Waals surface area contributed by atoms with Crippen molar-refractivity contribution < 1.29 is 44.2 Å². The number of aliphatic imine (C=N–C) groups is 1. The fourth-order valence-corrected chi connectivity index (χ4v) is 6.46. The summed E-state index contributed by atoms with van der Waals surface area (Å²) >= 11 is 0. The second kappa shape index (κ2) is 11.3. The van der Waals surface area contributed by atoms with Gasteiger partial charge < -0.3 is 9.47 Å². The molecule has 1 N–H and O–H groups in total. The predicted molar refractivity (Wildman–Crippen MR) is 146 cm³/mol. The van der Waals surface area contributed by atoms with E-state index in [1.165, 1.54) is 12.1 Å². The Hall–Kier alpha value is -2.96. The average Bonchev–Trinajstić information content (AvgIpc) is 3.34. The lowest BCUT2D eigenvalue weighted by molar-refractivity contribution is -0.143. The summed E-state index contributed by atoms with van der Waals surface area (Å²) in [5.41, 5.74) is -3.81. The van der Waals surface area contributed by atoms with Gasteiger partial charge in [-0.15, -0.1) is 0 Å². The van der Waals surface area contributed by atoms with Gasteiger partial charge in [0.15, 0.2) is 0 Å². The topological polar surface area (TPSA) is 77.0 Å². The zero-order chi connectivity index (χ0) is 31.3. The lowest BCUT2D eigenvalue weighted by Crippen LogP contribution is -2.29. The summed E-state index contributed by atoms with van der Waals surface area (Å²) in [5, 5.41) is 0. The Balaban J connectivity index is 1.83. The van der Waals surface area contributed by atoms with E-state index in [2.05, 4.69) is 23.6 Å². The normalized spacial score (nSPS) is 23.7. The number of ether oxygens (including phenoxy) is 2. The molecule has 1 heterocycles. The molecule has 1 unspecified atom stereocenters. The van der Waals surface area contributed by atoms with Gasteiger partial charge in [0.05, 0.1) is 33.7 Å². The molecule has 42 heavy (non-hydrogen) atoms. The van der Waals surface area contributed by atoms with Gasteiger partial charge in [0.25, 0.3) is 10.0 Å². The predicted octanol–water partition coefficient (Wildman–Crippen LogP) is 7.92. The highest BCUT2D eigenvalue weighted by molar-refractivity contribution is 7.92. The molecule has 2 aromatic rings. The van der Waals surface area contributed by atoms with Crippen molar-refractivity contribution in [3.8, 4) is 5.75 Å². The standard InChI is InChI=1S/C29H34F6N2O4S/c1-16-9-17(2)11-20(10-16)41-23-8-6-7-22(26-36-24(15-40-26)27(3,4)5)25(23)37-42(38,39)21-13-18(28(30,31)32)12-19(14-21)29(33,34)35/h6-8,12-14,16-17,20,24,37H,9-11,15H2,1-5H3/t16-,17+,20?,24-/m1/s1. The number of benzene rings is 2. The molecule has 0 aromatic heterocycles. The third kappa shape index (κ3) is 7.33. The lowest BCUT2D eigenvalue weighted by atomic mass is 9.82. The van der Waals surface area contributed by atoms with Crippen LogP contribution >= 0.6 is 0 Å². The molecule has 232 valence electrons. The first-order valence-electron chi connectivity index (χ1n) is 13.6. The van der Waals surface area contributed by atoms with Crippen molar-refractivity contribution in [3.05, 3.63) is 53.1 Å². The van der Waals surface area contributed by atoms with Crippen LogP contribution in [0.4, 0.5) is 32.0 Å². The Labute approximate surface area is 241 Å². The van der Waals surface area contributed by atoms with Gasteiger partial charge in [-0.05, 0) is 66.8 Å². The van der Waals surface area contributed by atoms with Crippen molar-refractivity contribution in [1.82, 2.24) is 0 Å². The molecule has 2 aromatic carbocycles. The van der Waals surface area contributed by atoms with Gasteiger partial charge in [-0.2, -0.15) is 26.3 Å². The van der Waals surface area contributed by atoms with E-state index in [1.807, 2.05) is 20.8 Å². The number of nitrogens with zero attached hydrogens (tertiary/aromatic N) is 1. The number of anilines is 1. The third-order valence-corrected chi connectivity index (χ3v) is 8.77. The highest BCUT2D eigenvalue weighted by Crippen LogP contribution is 2.40. The summed E-state index contributed by atoms with van der Waals surface area (Å²) in [6.45, 7) is 10.2. The Kier molecular flexibility index (Phi) is 8.58. The first kappa shape index (κ1) is 32.0. The van der Waals surface area contributed by atoms with Crippen LogP contribution in [0.2, 0.25) is 0 Å². The fourth-order valence-electron chi connectivity index (χ4n) is 5.30. The van der Waals surface area contributed by atoms with Crippen LogP contribution in [0.15, 0.2) is 46.3 Å². The first-order valence-corrected chi connectivity index (χ1v) is 15.1. The van der Waals surface area contributed by atoms with Crippen molar-refractivity contribution in [2.24, 2.45) is 22.2 Å². The highest BCUT2D eigenvalue weighted by Gasteiger charge is 2.39. The van der Waals surface area contributed by atoms with E-state index in [0.717, 1.165) is 6.42 Å². The summed E-state index contributed by atoms with van der Waals surface area (Å²) in [4.78, 5) is 3.40. The first-order chi connectivity index (χ1) is 19.2. The molecule has 1 fully saturated rings. The van der Waals surface area contributed by atoms with Crippen molar-refractivity contribution >= 4 is 21.6 Å². The fraction of sp³-hybridized carbons (Fsp3) is 0.552. The number of rotatable bonds is 6. The van der Waals surface area contributed by atoms with Gasteiger partial charge in [0, 0.05) is 0 Å². The number of alkyl halides is 6. The van der Waals surface area contributed by atoms with E-state index in [9.17, 15) is 34.8 Å². The summed E-state index contributed by atoms with van der Waals surface area (Å²) in [6.07, 6.45) is -8.36. The zero-order valence-electron chi connectivity index (χ0n) is 23.9. The average molecular weight is 621 g/mol. The van der Waals surface area contributed by atoms with Gasteiger partial charge in [0.1, 0.15) is 18.0 Å². The molecule has 13 heteroatoms. The van der Waals surface area contributed by atoms with Crippen LogP contribution in [-0.2, 0) is 27.1 Å². The molecule has 2 aliphatic rings. The number of para-hydroxylation sites is 1. The molecular weight excluding hydrogens is 586 g/mol. The number of halogens is 6. The smallest absolute Gasteiger partial charge is 0.416 e. The largest absolute Gasteiger partial charge is 0.488 e. The molecule has 1 aliphatic heterocycles. The molecule has 0 spiro atoms. The number of sulfonamides is 1. The van der Waals surface area contributed by atoms with Crippen LogP contribution in [0.25, 0.3) is 0 Å². The minimum atomic E-state index is -5.22. The van der Waals surface area contributed by atoms with Gasteiger partial charge >= 0.3 is 12.4 Å². The Morgan fingerprint density at radius 3 is 1.98 bits per heavy atom. The van der Waals surface area contributed by atoms with Gasteiger partial charge in [-0.25, -0.2) is 13.4 Å². The summed E-state index contributed by atoms with van der Waals surface area (Å²) in [6, 6.07) is 4.54. The Bertz CT molecular complexity index is 1410. The van der Waals surface area contributed by atoms with Gasteiger partial charge in [0.2, 0.25) is 5.90 Å². The summed E-state index contributed by atoms with van der Waals surface area (Å²) in [7, 11) is -5.00. The maximum atomic E-state index is 13.5. The molecular formula is C29H34F6N2O4S. The molecule has 1 saturated carbocycles. The van der Waals surface area contributed by atoms with E-state index in [0.29, 0.717) is 24.7 Å². The van der Waals surface area contributed by atoms with E-state index in [1.54, 1.807) is 6.07 Å². The number of nitrogens with one attached hydrogen (secondary N) is 1. The van der Waals surface area contributed by atoms with Crippen molar-refractivity contribution in [1.29, 1.82) is 0 Å². The van der Waals surface area contributed by atoms with Gasteiger partial charge in [-0.3, -0.25) is 4.72 Å². The van der Waals surface area contributed by atoms with Crippen molar-refractivity contribution in [3.63, 3.8) is 0 Å². The molecule has 0 bridgehead atoms. The SMILES string of the molecule is C[C@@H]1CC(Oc2cccc(C3=N[C@@H](C(C)(C)C)CO3)c2NS(=O)(=O)c2cc(C(F)(F)F)cc(C(F)(F)F)c2)C[C@H](C)C1. The van der Waals surface area contributed by atoms with Crippen LogP contribution in [0.3, 0.4) is 0 Å². The molecule has 1 aliphatic carbocycles. The van der Waals surface area contributed by atoms with Crippen LogP contribution in [0.5, 0.6) is 5.75 Å². The minimum absolute atomic E-state index is 0.0657. The maximum absolute atomic E-state index is 13.5. The Morgan fingerprint density at radius 1 is 0.905 bits per heavy atom. The second-order valence-corrected chi connectivity index (χ2v) is 14.0. The van der Waals surface area contributed by atoms with E-state index < -0.39 is 38.4 Å². The molecule has 4 rings (SSSR count). The van der Waals surface area contributed by atoms with E-state index in [4.69, 9.17) is 9.47 Å². The third-order valence-electron chi connectivity index (χ3n) is 7.44. The minimum Gasteiger partial charge on any atom is -0.488 e. The second-order valence-electron chi connectivity index (χ2n) is 12.3. The maximum Gasteiger partial charge on any atom is 0.416 e. The van der Waals surface area contributed by atoms with E-state index >= 15 is 0 Å². The van der Waals surface area contributed by atoms with Crippen LogP contribution < -0.4 is 9.46 Å². The van der Waals surface area contributed by atoms with Crippen LogP contribution in [-0.4, -0.2) is 33.1 Å². The van der Waals surface area contributed by atoms with Gasteiger partial charge in [-0.1, -0.05) is 40.7 Å². The summed E-state index contributed by atoms with van der Waals surface area (Å²) < 4.78 is 122. The monoisotopic (exact) mass is 620 g/mol. The lowest BCUT2D eigenvalue weighted by Gasteiger charge is -2.32. The molecule has 0 amide bonds. The Morgan fingerprint density at radius 2 is 1.48 bits per heavy atom. The van der Waals surface area contributed by atoms with Crippen LogP contribution in [0.1, 0.15) is 70.6 Å². The van der Waals surface area contributed by atoms with Crippen molar-refractivity contribution in [2.45, 2.75) is 83.3 Å².